The molecule has 0 heterocycles. The van der Waals surface area contributed by atoms with E-state index in [4.69, 9.17) is 4.74 Å². The van der Waals surface area contributed by atoms with E-state index in [9.17, 15) is 0 Å². The second-order valence-electron chi connectivity index (χ2n) is 5.46. The second kappa shape index (κ2) is 10.1. The van der Waals surface area contributed by atoms with E-state index in [2.05, 4.69) is 57.3 Å². The molecule has 1 aromatic carbocycles. The third-order valence-corrected chi connectivity index (χ3v) is 4.41. The maximum absolute atomic E-state index is 5.64. The molecule has 0 spiro atoms. The van der Waals surface area contributed by atoms with Gasteiger partial charge in [-0.15, -0.1) is 0 Å². The largest absolute Gasteiger partial charge is 0.494 e. The summed E-state index contributed by atoms with van der Waals surface area (Å²) in [5.41, 5.74) is 1.35. The molecule has 114 valence electrons. The van der Waals surface area contributed by atoms with Gasteiger partial charge in [0.2, 0.25) is 0 Å². The molecule has 20 heavy (non-hydrogen) atoms. The van der Waals surface area contributed by atoms with E-state index in [1.54, 1.807) is 0 Å². The van der Waals surface area contributed by atoms with E-state index < -0.39 is 0 Å². The summed E-state index contributed by atoms with van der Waals surface area (Å²) < 4.78 is 5.64. The van der Waals surface area contributed by atoms with Gasteiger partial charge in [-0.2, -0.15) is 11.8 Å². The SMILES string of the molecule is CCCOc1ccc(C(CSCC(C)C)NCC)cc1. The Morgan fingerprint density at radius 2 is 1.80 bits per heavy atom. The molecule has 1 atom stereocenters. The van der Waals surface area contributed by atoms with Crippen molar-refractivity contribution in [3.63, 3.8) is 0 Å². The number of thioether (sulfide) groups is 1. The summed E-state index contributed by atoms with van der Waals surface area (Å²) in [5, 5.41) is 3.57. The average Bonchev–Trinajstić information content (AvgIpc) is 2.44. The van der Waals surface area contributed by atoms with Crippen molar-refractivity contribution in [2.45, 2.75) is 40.2 Å². The molecule has 1 aromatic rings. The van der Waals surface area contributed by atoms with Gasteiger partial charge >= 0.3 is 0 Å². The van der Waals surface area contributed by atoms with Crippen LogP contribution in [0.2, 0.25) is 0 Å². The minimum absolute atomic E-state index is 0.434. The first-order valence-corrected chi connectivity index (χ1v) is 8.86. The van der Waals surface area contributed by atoms with E-state index in [1.807, 2.05) is 11.8 Å². The van der Waals surface area contributed by atoms with Crippen LogP contribution in [0.4, 0.5) is 0 Å². The van der Waals surface area contributed by atoms with E-state index in [0.717, 1.165) is 37.0 Å². The van der Waals surface area contributed by atoms with Gasteiger partial charge in [-0.3, -0.25) is 0 Å². The molecule has 0 amide bonds. The third-order valence-electron chi connectivity index (χ3n) is 2.94. The molecule has 0 aliphatic rings. The van der Waals surface area contributed by atoms with Crippen LogP contribution in [0, 0.1) is 5.92 Å². The Balaban J connectivity index is 2.56. The fraction of sp³-hybridized carbons (Fsp3) is 0.647. The van der Waals surface area contributed by atoms with Crippen molar-refractivity contribution in [1.29, 1.82) is 0 Å². The lowest BCUT2D eigenvalue weighted by Gasteiger charge is -2.19. The van der Waals surface area contributed by atoms with Crippen LogP contribution < -0.4 is 10.1 Å². The predicted molar refractivity (Wildman–Crippen MR) is 90.8 cm³/mol. The van der Waals surface area contributed by atoms with Crippen molar-refractivity contribution < 1.29 is 4.74 Å². The summed E-state index contributed by atoms with van der Waals surface area (Å²) in [6.07, 6.45) is 1.05. The lowest BCUT2D eigenvalue weighted by Crippen LogP contribution is -2.23. The Hall–Kier alpha value is -0.670. The van der Waals surface area contributed by atoms with Gasteiger partial charge in [0.05, 0.1) is 6.61 Å². The molecule has 0 bridgehead atoms. The fourth-order valence-electron chi connectivity index (χ4n) is 1.96. The van der Waals surface area contributed by atoms with Crippen LogP contribution in [-0.2, 0) is 0 Å². The van der Waals surface area contributed by atoms with Gasteiger partial charge in [0.15, 0.2) is 0 Å². The van der Waals surface area contributed by atoms with E-state index >= 15 is 0 Å². The molecule has 0 saturated heterocycles. The minimum atomic E-state index is 0.434. The van der Waals surface area contributed by atoms with Crippen LogP contribution in [0.15, 0.2) is 24.3 Å². The van der Waals surface area contributed by atoms with Gasteiger partial charge in [0.1, 0.15) is 5.75 Å². The average molecular weight is 295 g/mol. The van der Waals surface area contributed by atoms with E-state index in [-0.39, 0.29) is 0 Å². The predicted octanol–water partition coefficient (Wildman–Crippen LogP) is 4.52. The Morgan fingerprint density at radius 3 is 2.35 bits per heavy atom. The van der Waals surface area contributed by atoms with Crippen LogP contribution in [0.3, 0.4) is 0 Å². The van der Waals surface area contributed by atoms with Gasteiger partial charge in [0.25, 0.3) is 0 Å². The molecule has 0 aromatic heterocycles. The van der Waals surface area contributed by atoms with E-state index in [1.165, 1.54) is 11.3 Å². The van der Waals surface area contributed by atoms with Crippen molar-refractivity contribution in [2.24, 2.45) is 5.92 Å². The fourth-order valence-corrected chi connectivity index (χ4v) is 3.11. The van der Waals surface area contributed by atoms with E-state index in [0.29, 0.717) is 6.04 Å². The molecule has 0 aliphatic carbocycles. The van der Waals surface area contributed by atoms with Gasteiger partial charge in [-0.1, -0.05) is 39.8 Å². The zero-order valence-electron chi connectivity index (χ0n) is 13.3. The number of nitrogens with one attached hydrogen (secondary N) is 1. The monoisotopic (exact) mass is 295 g/mol. The first-order chi connectivity index (χ1) is 9.67. The topological polar surface area (TPSA) is 21.3 Å². The van der Waals surface area contributed by atoms with Crippen molar-refractivity contribution >= 4 is 11.8 Å². The van der Waals surface area contributed by atoms with Crippen LogP contribution >= 0.6 is 11.8 Å². The number of hydrogen-bond acceptors (Lipinski definition) is 3. The molecule has 2 nitrogen and oxygen atoms in total. The summed E-state index contributed by atoms with van der Waals surface area (Å²) in [7, 11) is 0. The summed E-state index contributed by atoms with van der Waals surface area (Å²) >= 11 is 2.03. The van der Waals surface area contributed by atoms with Crippen LogP contribution in [-0.4, -0.2) is 24.7 Å². The van der Waals surface area contributed by atoms with Crippen LogP contribution in [0.25, 0.3) is 0 Å². The molecule has 1 N–H and O–H groups in total. The Labute approximate surface area is 128 Å². The highest BCUT2D eigenvalue weighted by atomic mass is 32.2. The Bertz CT molecular complexity index is 351. The van der Waals surface area contributed by atoms with Crippen molar-refractivity contribution in [3.05, 3.63) is 29.8 Å². The highest BCUT2D eigenvalue weighted by molar-refractivity contribution is 7.99. The Kier molecular flexibility index (Phi) is 8.79. The zero-order chi connectivity index (χ0) is 14.8. The second-order valence-corrected chi connectivity index (χ2v) is 6.53. The summed E-state index contributed by atoms with van der Waals surface area (Å²) in [6, 6.07) is 8.98. The lowest BCUT2D eigenvalue weighted by molar-refractivity contribution is 0.317. The number of benzene rings is 1. The van der Waals surface area contributed by atoms with Crippen molar-refractivity contribution in [1.82, 2.24) is 5.32 Å². The maximum atomic E-state index is 5.64. The number of ether oxygens (including phenoxy) is 1. The number of hydrogen-bond donors (Lipinski definition) is 1. The lowest BCUT2D eigenvalue weighted by atomic mass is 10.1. The summed E-state index contributed by atoms with van der Waals surface area (Å²) in [5.74, 6) is 4.08. The zero-order valence-corrected chi connectivity index (χ0v) is 14.1. The first kappa shape index (κ1) is 17.4. The highest BCUT2D eigenvalue weighted by Gasteiger charge is 2.10. The normalized spacial score (nSPS) is 12.7. The summed E-state index contributed by atoms with van der Waals surface area (Å²) in [6.45, 7) is 10.6. The standard InChI is InChI=1S/C17H29NOS/c1-5-11-19-16-9-7-15(8-10-16)17(18-6-2)13-20-12-14(3)4/h7-10,14,17-18H,5-6,11-13H2,1-4H3. The van der Waals surface area contributed by atoms with Crippen LogP contribution in [0.1, 0.15) is 45.7 Å². The van der Waals surface area contributed by atoms with Crippen LogP contribution in [0.5, 0.6) is 5.75 Å². The molecule has 3 heteroatoms. The highest BCUT2D eigenvalue weighted by Crippen LogP contribution is 2.22. The molecule has 0 radical (unpaired) electrons. The molecule has 0 saturated carbocycles. The van der Waals surface area contributed by atoms with Crippen molar-refractivity contribution in [2.75, 3.05) is 24.7 Å². The van der Waals surface area contributed by atoms with Gasteiger partial charge in [-0.25, -0.2) is 0 Å². The summed E-state index contributed by atoms with van der Waals surface area (Å²) in [4.78, 5) is 0. The van der Waals surface area contributed by atoms with Crippen molar-refractivity contribution in [3.8, 4) is 5.75 Å². The number of rotatable bonds is 10. The maximum Gasteiger partial charge on any atom is 0.119 e. The first-order valence-electron chi connectivity index (χ1n) is 7.71. The van der Waals surface area contributed by atoms with Gasteiger partial charge < -0.3 is 10.1 Å². The Morgan fingerprint density at radius 1 is 1.10 bits per heavy atom. The molecule has 0 fully saturated rings. The van der Waals surface area contributed by atoms with Gasteiger partial charge in [0, 0.05) is 11.8 Å². The third kappa shape index (κ3) is 6.67. The smallest absolute Gasteiger partial charge is 0.119 e. The van der Waals surface area contributed by atoms with Gasteiger partial charge in [-0.05, 0) is 42.3 Å². The molecular formula is C17H29NOS. The minimum Gasteiger partial charge on any atom is -0.494 e. The quantitative estimate of drug-likeness (QED) is 0.686. The molecular weight excluding hydrogens is 266 g/mol. The molecule has 1 rings (SSSR count). The molecule has 1 unspecified atom stereocenters. The molecule has 0 aliphatic heterocycles.